The standard InChI is InChI=1S/C13H27NO/c1-10-6-8-13(3,14)7-4-5-12(15)9-11(10)2/h10-12,15H,4-9,14H2,1-3H3. The molecule has 1 aliphatic carbocycles. The Bertz CT molecular complexity index is 191. The monoisotopic (exact) mass is 213 g/mol. The smallest absolute Gasteiger partial charge is 0.0542 e. The van der Waals surface area contributed by atoms with Crippen LogP contribution in [0, 0.1) is 11.8 Å². The zero-order valence-corrected chi connectivity index (χ0v) is 10.5. The fourth-order valence-corrected chi connectivity index (χ4v) is 2.49. The Balaban J connectivity index is 2.56. The van der Waals surface area contributed by atoms with Crippen molar-refractivity contribution in [2.24, 2.45) is 17.6 Å². The molecule has 0 spiro atoms. The van der Waals surface area contributed by atoms with E-state index in [0.29, 0.717) is 11.8 Å². The predicted molar refractivity (Wildman–Crippen MR) is 64.6 cm³/mol. The molecule has 0 aromatic heterocycles. The first kappa shape index (κ1) is 13.0. The van der Waals surface area contributed by atoms with Crippen LogP contribution in [0.5, 0.6) is 0 Å². The first-order valence-electron chi connectivity index (χ1n) is 6.38. The molecule has 0 amide bonds. The van der Waals surface area contributed by atoms with E-state index < -0.39 is 0 Å². The molecule has 15 heavy (non-hydrogen) atoms. The maximum Gasteiger partial charge on any atom is 0.0542 e. The largest absolute Gasteiger partial charge is 0.393 e. The fraction of sp³-hybridized carbons (Fsp3) is 1.00. The third kappa shape index (κ3) is 4.52. The molecule has 0 aliphatic heterocycles. The van der Waals surface area contributed by atoms with Crippen molar-refractivity contribution >= 4 is 0 Å². The minimum atomic E-state index is -0.114. The number of aliphatic hydroxyl groups excluding tert-OH is 1. The zero-order valence-electron chi connectivity index (χ0n) is 10.5. The van der Waals surface area contributed by atoms with Crippen molar-refractivity contribution in [3.05, 3.63) is 0 Å². The lowest BCUT2D eigenvalue weighted by atomic mass is 9.79. The van der Waals surface area contributed by atoms with Gasteiger partial charge >= 0.3 is 0 Å². The van der Waals surface area contributed by atoms with Gasteiger partial charge in [-0.15, -0.1) is 0 Å². The van der Waals surface area contributed by atoms with E-state index >= 15 is 0 Å². The maximum absolute atomic E-state index is 9.85. The first-order chi connectivity index (χ1) is 6.91. The van der Waals surface area contributed by atoms with E-state index in [0.717, 1.165) is 32.1 Å². The molecule has 90 valence electrons. The lowest BCUT2D eigenvalue weighted by Crippen LogP contribution is -2.37. The highest BCUT2D eigenvalue weighted by molar-refractivity contribution is 4.82. The summed E-state index contributed by atoms with van der Waals surface area (Å²) in [6, 6.07) is 0. The normalized spacial score (nSPS) is 45.0. The number of rotatable bonds is 0. The SMILES string of the molecule is CC1CCC(C)(N)CCCC(O)CC1C. The van der Waals surface area contributed by atoms with Gasteiger partial charge in [0.05, 0.1) is 6.10 Å². The Morgan fingerprint density at radius 1 is 1.13 bits per heavy atom. The van der Waals surface area contributed by atoms with E-state index in [1.54, 1.807) is 0 Å². The Kier molecular flexibility index (Phi) is 4.60. The molecular weight excluding hydrogens is 186 g/mol. The molecule has 2 nitrogen and oxygen atoms in total. The molecule has 0 bridgehead atoms. The zero-order chi connectivity index (χ0) is 11.5. The molecule has 1 saturated carbocycles. The van der Waals surface area contributed by atoms with E-state index in [1.165, 1.54) is 6.42 Å². The third-order valence-electron chi connectivity index (χ3n) is 4.07. The molecule has 3 N–H and O–H groups in total. The molecule has 0 aromatic carbocycles. The van der Waals surface area contributed by atoms with Gasteiger partial charge in [-0.2, -0.15) is 0 Å². The van der Waals surface area contributed by atoms with Gasteiger partial charge in [-0.3, -0.25) is 0 Å². The average Bonchev–Trinajstić information content (AvgIpc) is 2.12. The van der Waals surface area contributed by atoms with Gasteiger partial charge in [0, 0.05) is 5.54 Å². The minimum absolute atomic E-state index is 0.0228. The van der Waals surface area contributed by atoms with Gasteiger partial charge in [-0.05, 0) is 57.3 Å². The third-order valence-corrected chi connectivity index (χ3v) is 4.07. The molecule has 4 unspecified atom stereocenters. The molecule has 0 aromatic rings. The lowest BCUT2D eigenvalue weighted by Gasteiger charge is -2.31. The van der Waals surface area contributed by atoms with Crippen molar-refractivity contribution in [2.45, 2.75) is 70.9 Å². The summed E-state index contributed by atoms with van der Waals surface area (Å²) in [6.07, 6.45) is 6.19. The van der Waals surface area contributed by atoms with Crippen molar-refractivity contribution < 1.29 is 5.11 Å². The molecule has 4 atom stereocenters. The van der Waals surface area contributed by atoms with E-state index in [9.17, 15) is 5.11 Å². The molecule has 0 saturated heterocycles. The van der Waals surface area contributed by atoms with E-state index in [1.807, 2.05) is 0 Å². The lowest BCUT2D eigenvalue weighted by molar-refractivity contribution is 0.109. The first-order valence-corrected chi connectivity index (χ1v) is 6.38. The second-order valence-electron chi connectivity index (χ2n) is 5.93. The number of nitrogens with two attached hydrogens (primary N) is 1. The molecule has 0 heterocycles. The van der Waals surface area contributed by atoms with Crippen LogP contribution in [0.25, 0.3) is 0 Å². The molecular formula is C13H27NO. The molecule has 0 radical (unpaired) electrons. The van der Waals surface area contributed by atoms with Gasteiger partial charge in [0.25, 0.3) is 0 Å². The van der Waals surface area contributed by atoms with Gasteiger partial charge in [0.2, 0.25) is 0 Å². The number of hydrogen-bond acceptors (Lipinski definition) is 2. The van der Waals surface area contributed by atoms with Crippen LogP contribution in [0.1, 0.15) is 59.3 Å². The van der Waals surface area contributed by atoms with Gasteiger partial charge < -0.3 is 10.8 Å². The molecule has 1 rings (SSSR count). The topological polar surface area (TPSA) is 46.2 Å². The summed E-state index contributed by atoms with van der Waals surface area (Å²) in [6.45, 7) is 6.69. The van der Waals surface area contributed by atoms with Crippen molar-refractivity contribution in [1.82, 2.24) is 0 Å². The Morgan fingerprint density at radius 2 is 1.80 bits per heavy atom. The maximum atomic E-state index is 9.85. The van der Waals surface area contributed by atoms with E-state index in [-0.39, 0.29) is 11.6 Å². The summed E-state index contributed by atoms with van der Waals surface area (Å²) in [5.41, 5.74) is 6.22. The molecule has 1 aliphatic rings. The Labute approximate surface area is 94.2 Å². The fourth-order valence-electron chi connectivity index (χ4n) is 2.49. The van der Waals surface area contributed by atoms with Crippen molar-refractivity contribution in [3.63, 3.8) is 0 Å². The highest BCUT2D eigenvalue weighted by Crippen LogP contribution is 2.29. The molecule has 1 fully saturated rings. The van der Waals surface area contributed by atoms with Crippen LogP contribution < -0.4 is 5.73 Å². The van der Waals surface area contributed by atoms with Gasteiger partial charge in [-0.1, -0.05) is 13.8 Å². The Hall–Kier alpha value is -0.0800. The second-order valence-corrected chi connectivity index (χ2v) is 5.93. The van der Waals surface area contributed by atoms with E-state index in [4.69, 9.17) is 5.73 Å². The summed E-state index contributed by atoms with van der Waals surface area (Å²) in [5, 5.41) is 9.85. The minimum Gasteiger partial charge on any atom is -0.393 e. The Morgan fingerprint density at radius 3 is 2.47 bits per heavy atom. The van der Waals surface area contributed by atoms with Crippen LogP contribution >= 0.6 is 0 Å². The van der Waals surface area contributed by atoms with Gasteiger partial charge in [0.1, 0.15) is 0 Å². The van der Waals surface area contributed by atoms with Crippen molar-refractivity contribution in [3.8, 4) is 0 Å². The summed E-state index contributed by atoms with van der Waals surface area (Å²) in [7, 11) is 0. The van der Waals surface area contributed by atoms with Crippen LogP contribution in [0.15, 0.2) is 0 Å². The van der Waals surface area contributed by atoms with Crippen LogP contribution in [-0.2, 0) is 0 Å². The predicted octanol–water partition coefficient (Wildman–Crippen LogP) is 2.69. The van der Waals surface area contributed by atoms with Crippen LogP contribution in [0.4, 0.5) is 0 Å². The second kappa shape index (κ2) is 5.31. The highest BCUT2D eigenvalue weighted by atomic mass is 16.3. The summed E-state index contributed by atoms with van der Waals surface area (Å²) in [4.78, 5) is 0. The summed E-state index contributed by atoms with van der Waals surface area (Å²) < 4.78 is 0. The highest BCUT2D eigenvalue weighted by Gasteiger charge is 2.24. The van der Waals surface area contributed by atoms with Crippen LogP contribution in [-0.4, -0.2) is 16.7 Å². The summed E-state index contributed by atoms with van der Waals surface area (Å²) >= 11 is 0. The summed E-state index contributed by atoms with van der Waals surface area (Å²) in [5.74, 6) is 1.30. The van der Waals surface area contributed by atoms with Crippen molar-refractivity contribution in [1.29, 1.82) is 0 Å². The number of aliphatic hydroxyl groups is 1. The van der Waals surface area contributed by atoms with Crippen LogP contribution in [0.3, 0.4) is 0 Å². The average molecular weight is 213 g/mol. The number of hydrogen-bond donors (Lipinski definition) is 2. The van der Waals surface area contributed by atoms with E-state index in [2.05, 4.69) is 20.8 Å². The van der Waals surface area contributed by atoms with Crippen molar-refractivity contribution in [2.75, 3.05) is 0 Å². The molecule has 2 heteroatoms. The van der Waals surface area contributed by atoms with Gasteiger partial charge in [-0.25, -0.2) is 0 Å². The van der Waals surface area contributed by atoms with Gasteiger partial charge in [0.15, 0.2) is 0 Å². The quantitative estimate of drug-likeness (QED) is 0.650. The van der Waals surface area contributed by atoms with Crippen LogP contribution in [0.2, 0.25) is 0 Å².